The summed E-state index contributed by atoms with van der Waals surface area (Å²) in [5.74, 6) is -0.721. The fraction of sp³-hybridized carbons (Fsp3) is 0.588. The maximum atomic E-state index is 12.3. The molecule has 1 aliphatic heterocycles. The zero-order chi connectivity index (χ0) is 18.0. The number of rotatable bonds is 8. The van der Waals surface area contributed by atoms with Crippen molar-refractivity contribution >= 4 is 11.7 Å². The highest BCUT2D eigenvalue weighted by molar-refractivity contribution is 5.79. The van der Waals surface area contributed by atoms with Crippen molar-refractivity contribution in [1.82, 2.24) is 0 Å². The van der Waals surface area contributed by atoms with E-state index in [0.717, 1.165) is 12.8 Å². The zero-order valence-electron chi connectivity index (χ0n) is 14.2. The van der Waals surface area contributed by atoms with Crippen LogP contribution in [0.4, 0.5) is 5.69 Å². The maximum Gasteiger partial charge on any atom is 0.318 e. The van der Waals surface area contributed by atoms with E-state index in [2.05, 4.69) is 0 Å². The minimum absolute atomic E-state index is 0.129. The van der Waals surface area contributed by atoms with Crippen LogP contribution in [0.2, 0.25) is 0 Å². The molecule has 0 N–H and O–H groups in total. The van der Waals surface area contributed by atoms with Gasteiger partial charge >= 0.3 is 11.7 Å². The average Bonchev–Trinajstić information content (AvgIpc) is 3.36. The van der Waals surface area contributed by atoms with Gasteiger partial charge in [-0.3, -0.25) is 14.9 Å². The molecule has 1 heterocycles. The minimum atomic E-state index is -0.819. The highest BCUT2D eigenvalue weighted by Gasteiger charge is 2.41. The first-order chi connectivity index (χ1) is 12.0. The molecule has 0 amide bonds. The quantitative estimate of drug-likeness (QED) is 0.403. The summed E-state index contributed by atoms with van der Waals surface area (Å²) in [5.41, 5.74) is 0.377. The number of benzene rings is 1. The third kappa shape index (κ3) is 4.08. The lowest BCUT2D eigenvalue weighted by Crippen LogP contribution is -2.45. The number of ether oxygens (including phenoxy) is 4. The van der Waals surface area contributed by atoms with E-state index < -0.39 is 29.4 Å². The van der Waals surface area contributed by atoms with Crippen molar-refractivity contribution in [2.45, 2.75) is 45.2 Å². The van der Waals surface area contributed by atoms with Crippen LogP contribution < -0.4 is 4.74 Å². The Morgan fingerprint density at radius 2 is 2.12 bits per heavy atom. The number of hydrogen-bond acceptors (Lipinski definition) is 7. The number of nitro benzene ring substituents is 1. The first kappa shape index (κ1) is 17.6. The topological polar surface area (TPSA) is 97.1 Å². The van der Waals surface area contributed by atoms with Gasteiger partial charge in [-0.1, -0.05) is 6.07 Å². The summed E-state index contributed by atoms with van der Waals surface area (Å²) in [7, 11) is 0. The Bertz CT molecular complexity index is 652. The smallest absolute Gasteiger partial charge is 0.318 e. The van der Waals surface area contributed by atoms with Crippen LogP contribution in [-0.4, -0.2) is 36.7 Å². The summed E-state index contributed by atoms with van der Waals surface area (Å²) in [6.45, 7) is 4.08. The molecule has 1 saturated carbocycles. The molecule has 1 aromatic carbocycles. The van der Waals surface area contributed by atoms with Crippen molar-refractivity contribution in [1.29, 1.82) is 0 Å². The predicted octanol–water partition coefficient (Wildman–Crippen LogP) is 2.75. The number of carbonyl (C=O) groups is 1. The van der Waals surface area contributed by atoms with Gasteiger partial charge in [-0.2, -0.15) is 0 Å². The standard InChI is InChI=1S/C17H21NO7/c1-3-22-16(19)15(17-24-10(2)25-17)12-6-7-13(18(20)21)14(8-12)23-9-11-4-5-11/h6-8,10-11,15,17H,3-5,9H2,1-2H3. The number of esters is 1. The van der Waals surface area contributed by atoms with Crippen LogP contribution in [0.25, 0.3) is 0 Å². The molecular weight excluding hydrogens is 330 g/mol. The molecule has 0 radical (unpaired) electrons. The molecule has 0 bridgehead atoms. The number of hydrogen-bond donors (Lipinski definition) is 0. The van der Waals surface area contributed by atoms with Gasteiger partial charge in [0.15, 0.2) is 18.3 Å². The monoisotopic (exact) mass is 351 g/mol. The Morgan fingerprint density at radius 1 is 1.40 bits per heavy atom. The van der Waals surface area contributed by atoms with Gasteiger partial charge in [0.1, 0.15) is 5.92 Å². The molecule has 1 unspecified atom stereocenters. The van der Waals surface area contributed by atoms with E-state index in [1.165, 1.54) is 18.2 Å². The second-order valence-corrected chi connectivity index (χ2v) is 6.18. The van der Waals surface area contributed by atoms with E-state index >= 15 is 0 Å². The van der Waals surface area contributed by atoms with Gasteiger partial charge in [0.25, 0.3) is 0 Å². The average molecular weight is 351 g/mol. The summed E-state index contributed by atoms with van der Waals surface area (Å²) in [5, 5.41) is 11.2. The Balaban J connectivity index is 1.87. The van der Waals surface area contributed by atoms with E-state index in [1.807, 2.05) is 0 Å². The molecule has 0 spiro atoms. The second kappa shape index (κ2) is 7.37. The molecule has 8 nitrogen and oxygen atoms in total. The molecule has 2 fully saturated rings. The lowest BCUT2D eigenvalue weighted by Gasteiger charge is -2.37. The molecule has 25 heavy (non-hydrogen) atoms. The molecule has 0 aromatic heterocycles. The fourth-order valence-corrected chi connectivity index (χ4v) is 2.66. The molecule has 3 rings (SSSR count). The third-order valence-electron chi connectivity index (χ3n) is 4.18. The SMILES string of the molecule is CCOC(=O)C(c1ccc([N+](=O)[O-])c(OCC2CC2)c1)C1OC(C)O1. The van der Waals surface area contributed by atoms with Gasteiger partial charge < -0.3 is 18.9 Å². The summed E-state index contributed by atoms with van der Waals surface area (Å²) in [6, 6.07) is 4.36. The van der Waals surface area contributed by atoms with Gasteiger partial charge in [0.05, 0.1) is 18.1 Å². The molecule has 1 aliphatic carbocycles. The first-order valence-electron chi connectivity index (χ1n) is 8.38. The Kier molecular flexibility index (Phi) is 5.19. The summed E-state index contributed by atoms with van der Waals surface area (Å²) in [6.07, 6.45) is 0.971. The highest BCUT2D eigenvalue weighted by Crippen LogP contribution is 2.38. The maximum absolute atomic E-state index is 12.3. The van der Waals surface area contributed by atoms with Crippen LogP contribution in [-0.2, 0) is 19.0 Å². The Morgan fingerprint density at radius 3 is 2.68 bits per heavy atom. The van der Waals surface area contributed by atoms with Gasteiger partial charge in [0, 0.05) is 6.07 Å². The zero-order valence-corrected chi connectivity index (χ0v) is 14.2. The van der Waals surface area contributed by atoms with Crippen LogP contribution in [0.15, 0.2) is 18.2 Å². The first-order valence-corrected chi connectivity index (χ1v) is 8.38. The molecule has 2 aliphatic rings. The minimum Gasteiger partial charge on any atom is -0.487 e. The number of nitro groups is 1. The summed E-state index contributed by atoms with van der Waals surface area (Å²) < 4.78 is 21.6. The van der Waals surface area contributed by atoms with Gasteiger partial charge in [-0.05, 0) is 44.2 Å². The number of nitrogens with zero attached hydrogens (tertiary/aromatic N) is 1. The lowest BCUT2D eigenvalue weighted by molar-refractivity contribution is -0.386. The van der Waals surface area contributed by atoms with E-state index in [-0.39, 0.29) is 18.0 Å². The molecule has 1 saturated heterocycles. The third-order valence-corrected chi connectivity index (χ3v) is 4.18. The Hall–Kier alpha value is -2.19. The van der Waals surface area contributed by atoms with Crippen LogP contribution >= 0.6 is 0 Å². The van der Waals surface area contributed by atoms with Crippen LogP contribution in [0.3, 0.4) is 0 Å². The highest BCUT2D eigenvalue weighted by atomic mass is 16.9. The molecular formula is C17H21NO7. The normalized spacial score (nSPS) is 23.4. The van der Waals surface area contributed by atoms with Crippen molar-refractivity contribution in [2.24, 2.45) is 5.92 Å². The molecule has 8 heteroatoms. The van der Waals surface area contributed by atoms with E-state index in [9.17, 15) is 14.9 Å². The fourth-order valence-electron chi connectivity index (χ4n) is 2.66. The van der Waals surface area contributed by atoms with Crippen LogP contribution in [0.1, 0.15) is 38.2 Å². The van der Waals surface area contributed by atoms with Gasteiger partial charge in [-0.25, -0.2) is 0 Å². The van der Waals surface area contributed by atoms with Gasteiger partial charge in [0.2, 0.25) is 0 Å². The largest absolute Gasteiger partial charge is 0.487 e. The van der Waals surface area contributed by atoms with Crippen molar-refractivity contribution in [3.8, 4) is 5.75 Å². The number of carbonyl (C=O) groups excluding carboxylic acids is 1. The van der Waals surface area contributed by atoms with Crippen LogP contribution in [0.5, 0.6) is 5.75 Å². The van der Waals surface area contributed by atoms with Crippen molar-refractivity contribution in [3.05, 3.63) is 33.9 Å². The van der Waals surface area contributed by atoms with Crippen LogP contribution in [0, 0.1) is 16.0 Å². The Labute approximate surface area is 145 Å². The van der Waals surface area contributed by atoms with Gasteiger partial charge in [-0.15, -0.1) is 0 Å². The van der Waals surface area contributed by atoms with Crippen molar-refractivity contribution < 1.29 is 28.7 Å². The second-order valence-electron chi connectivity index (χ2n) is 6.18. The van der Waals surface area contributed by atoms with E-state index in [4.69, 9.17) is 18.9 Å². The summed E-state index contributed by atoms with van der Waals surface area (Å²) in [4.78, 5) is 23.1. The van der Waals surface area contributed by atoms with E-state index in [0.29, 0.717) is 18.1 Å². The lowest BCUT2D eigenvalue weighted by atomic mass is 9.97. The van der Waals surface area contributed by atoms with Crippen molar-refractivity contribution in [3.63, 3.8) is 0 Å². The molecule has 1 aromatic rings. The van der Waals surface area contributed by atoms with Crippen molar-refractivity contribution in [2.75, 3.05) is 13.2 Å². The molecule has 1 atom stereocenters. The predicted molar refractivity (Wildman–Crippen MR) is 86.1 cm³/mol. The molecule has 136 valence electrons. The summed E-state index contributed by atoms with van der Waals surface area (Å²) >= 11 is 0. The van der Waals surface area contributed by atoms with E-state index in [1.54, 1.807) is 13.8 Å².